The first-order chi connectivity index (χ1) is 7.49. The van der Waals surface area contributed by atoms with Gasteiger partial charge < -0.3 is 16.0 Å². The van der Waals surface area contributed by atoms with Crippen molar-refractivity contribution in [3.05, 3.63) is 20.7 Å². The molecule has 1 amide bonds. The van der Waals surface area contributed by atoms with E-state index in [-0.39, 0.29) is 10.8 Å². The molecule has 1 atom stereocenters. The zero-order valence-corrected chi connectivity index (χ0v) is 10.3. The average molecular weight is 243 g/mol. The van der Waals surface area contributed by atoms with E-state index < -0.39 is 6.04 Å². The minimum absolute atomic E-state index is 0.115. The number of rotatable bonds is 5. The second kappa shape index (κ2) is 5.81. The lowest BCUT2D eigenvalue weighted by Gasteiger charge is -2.13. The summed E-state index contributed by atoms with van der Waals surface area (Å²) in [4.78, 5) is 24.9. The molecule has 0 unspecified atom stereocenters. The van der Waals surface area contributed by atoms with Crippen LogP contribution < -0.4 is 15.9 Å². The van der Waals surface area contributed by atoms with Crippen LogP contribution in [0.3, 0.4) is 0 Å². The van der Waals surface area contributed by atoms with Crippen molar-refractivity contribution < 1.29 is 4.79 Å². The summed E-state index contributed by atoms with van der Waals surface area (Å²) in [6, 6.07) is -0.481. The van der Waals surface area contributed by atoms with Crippen LogP contribution in [0.4, 0.5) is 0 Å². The van der Waals surface area contributed by atoms with Crippen molar-refractivity contribution in [1.82, 2.24) is 10.3 Å². The largest absolute Gasteiger partial charge is 0.349 e. The molecule has 1 aromatic rings. The molecular formula is C10H17N3O2S. The predicted octanol–water partition coefficient (Wildman–Crippen LogP) is 0.426. The predicted molar refractivity (Wildman–Crippen MR) is 64.2 cm³/mol. The minimum Gasteiger partial charge on any atom is -0.349 e. The van der Waals surface area contributed by atoms with E-state index in [1.54, 1.807) is 5.38 Å². The number of thiazole rings is 1. The van der Waals surface area contributed by atoms with E-state index >= 15 is 0 Å². The molecule has 6 heteroatoms. The third-order valence-electron chi connectivity index (χ3n) is 2.09. The van der Waals surface area contributed by atoms with Gasteiger partial charge in [0.05, 0.1) is 12.6 Å². The number of nitrogens with one attached hydrogen (secondary N) is 2. The Hall–Kier alpha value is -1.14. The van der Waals surface area contributed by atoms with Crippen LogP contribution in [-0.2, 0) is 11.3 Å². The summed E-state index contributed by atoms with van der Waals surface area (Å²) in [5.74, 6) is 0.211. The Balaban J connectivity index is 2.37. The van der Waals surface area contributed by atoms with Crippen LogP contribution in [-0.4, -0.2) is 16.9 Å². The van der Waals surface area contributed by atoms with Crippen molar-refractivity contribution in [2.24, 2.45) is 11.7 Å². The van der Waals surface area contributed by atoms with Crippen LogP contribution in [0.15, 0.2) is 10.2 Å². The Morgan fingerprint density at radius 2 is 2.31 bits per heavy atom. The van der Waals surface area contributed by atoms with E-state index in [0.717, 1.165) is 11.3 Å². The first-order valence-electron chi connectivity index (χ1n) is 5.19. The molecule has 0 aliphatic heterocycles. The maximum absolute atomic E-state index is 11.5. The van der Waals surface area contributed by atoms with E-state index in [1.165, 1.54) is 0 Å². The number of hydrogen-bond donors (Lipinski definition) is 3. The van der Waals surface area contributed by atoms with Gasteiger partial charge >= 0.3 is 4.87 Å². The van der Waals surface area contributed by atoms with Crippen LogP contribution in [0.5, 0.6) is 0 Å². The molecule has 0 fully saturated rings. The van der Waals surface area contributed by atoms with Gasteiger partial charge in [0, 0.05) is 11.1 Å². The second-order valence-corrected chi connectivity index (χ2v) is 4.97. The van der Waals surface area contributed by atoms with Gasteiger partial charge in [0.1, 0.15) is 0 Å². The summed E-state index contributed by atoms with van der Waals surface area (Å²) in [6.07, 6.45) is 0.659. The number of nitrogens with two attached hydrogens (primary N) is 1. The average Bonchev–Trinajstić information content (AvgIpc) is 2.59. The van der Waals surface area contributed by atoms with Crippen LogP contribution in [0.2, 0.25) is 0 Å². The quantitative estimate of drug-likeness (QED) is 0.700. The highest BCUT2D eigenvalue weighted by Gasteiger charge is 2.14. The second-order valence-electron chi connectivity index (χ2n) is 4.13. The van der Waals surface area contributed by atoms with Crippen molar-refractivity contribution >= 4 is 17.2 Å². The number of H-pyrrole nitrogens is 1. The maximum atomic E-state index is 11.5. The van der Waals surface area contributed by atoms with Crippen LogP contribution >= 0.6 is 11.3 Å². The Bertz CT molecular complexity index is 397. The summed E-state index contributed by atoms with van der Waals surface area (Å²) in [5.41, 5.74) is 6.41. The molecule has 1 heterocycles. The number of carbonyl (C=O) groups is 1. The molecular weight excluding hydrogens is 226 g/mol. The highest BCUT2D eigenvalue weighted by molar-refractivity contribution is 7.07. The molecule has 1 rings (SSSR count). The van der Waals surface area contributed by atoms with Crippen molar-refractivity contribution in [2.75, 3.05) is 0 Å². The van der Waals surface area contributed by atoms with Crippen LogP contribution in [0, 0.1) is 5.92 Å². The Labute approximate surface area is 98.1 Å². The number of aromatic nitrogens is 1. The third-order valence-corrected chi connectivity index (χ3v) is 2.80. The molecule has 0 saturated carbocycles. The fourth-order valence-electron chi connectivity index (χ4n) is 1.33. The van der Waals surface area contributed by atoms with Gasteiger partial charge in [-0.15, -0.1) is 0 Å². The normalized spacial score (nSPS) is 12.8. The first-order valence-corrected chi connectivity index (χ1v) is 6.07. The summed E-state index contributed by atoms with van der Waals surface area (Å²) in [7, 11) is 0. The molecule has 90 valence electrons. The first kappa shape index (κ1) is 12.9. The molecule has 0 saturated heterocycles. The highest BCUT2D eigenvalue weighted by atomic mass is 32.1. The smallest absolute Gasteiger partial charge is 0.304 e. The van der Waals surface area contributed by atoms with Crippen LogP contribution in [0.1, 0.15) is 26.0 Å². The van der Waals surface area contributed by atoms with Gasteiger partial charge in [-0.2, -0.15) is 0 Å². The zero-order chi connectivity index (χ0) is 12.1. The molecule has 4 N–H and O–H groups in total. The van der Waals surface area contributed by atoms with Crippen molar-refractivity contribution in [1.29, 1.82) is 0 Å². The van der Waals surface area contributed by atoms with Crippen molar-refractivity contribution in [3.8, 4) is 0 Å². The summed E-state index contributed by atoms with van der Waals surface area (Å²) >= 11 is 1.08. The van der Waals surface area contributed by atoms with Crippen LogP contribution in [0.25, 0.3) is 0 Å². The molecule has 0 bridgehead atoms. The molecule has 0 radical (unpaired) electrons. The summed E-state index contributed by atoms with van der Waals surface area (Å²) in [5, 5.41) is 4.38. The summed E-state index contributed by atoms with van der Waals surface area (Å²) < 4.78 is 0. The van der Waals surface area contributed by atoms with E-state index in [2.05, 4.69) is 10.3 Å². The molecule has 5 nitrogen and oxygen atoms in total. The van der Waals surface area contributed by atoms with E-state index in [4.69, 9.17) is 5.73 Å². The standard InChI is InChI=1S/C10H17N3O2S/c1-6(2)3-8(11)9(14)12-4-7-5-16-10(15)13-7/h5-6,8H,3-4,11H2,1-2H3,(H,12,14)(H,13,15)/t8-/m1/s1. The van der Waals surface area contributed by atoms with Gasteiger partial charge in [0.15, 0.2) is 0 Å². The van der Waals surface area contributed by atoms with Crippen molar-refractivity contribution in [3.63, 3.8) is 0 Å². The van der Waals surface area contributed by atoms with Gasteiger partial charge in [0.25, 0.3) is 0 Å². The fourth-order valence-corrected chi connectivity index (χ4v) is 1.91. The lowest BCUT2D eigenvalue weighted by molar-refractivity contribution is -0.122. The van der Waals surface area contributed by atoms with Gasteiger partial charge in [-0.1, -0.05) is 25.2 Å². The van der Waals surface area contributed by atoms with Gasteiger partial charge in [-0.25, -0.2) is 0 Å². The number of carbonyl (C=O) groups excluding carboxylic acids is 1. The lowest BCUT2D eigenvalue weighted by atomic mass is 10.0. The molecule has 1 aromatic heterocycles. The minimum atomic E-state index is -0.481. The number of hydrogen-bond acceptors (Lipinski definition) is 4. The third kappa shape index (κ3) is 4.16. The molecule has 0 spiro atoms. The molecule has 0 aromatic carbocycles. The van der Waals surface area contributed by atoms with Crippen molar-refractivity contribution in [2.45, 2.75) is 32.9 Å². The Morgan fingerprint density at radius 3 is 2.81 bits per heavy atom. The number of amides is 1. The monoisotopic (exact) mass is 243 g/mol. The van der Waals surface area contributed by atoms with Gasteiger partial charge in [-0.05, 0) is 12.3 Å². The SMILES string of the molecule is CC(C)C[C@@H](N)C(=O)NCc1csc(=O)[nH]1. The topological polar surface area (TPSA) is 88.0 Å². The van der Waals surface area contributed by atoms with E-state index in [1.807, 2.05) is 13.8 Å². The molecule has 0 aliphatic rings. The molecule has 16 heavy (non-hydrogen) atoms. The Morgan fingerprint density at radius 1 is 1.62 bits per heavy atom. The van der Waals surface area contributed by atoms with E-state index in [0.29, 0.717) is 24.6 Å². The van der Waals surface area contributed by atoms with Gasteiger partial charge in [0.2, 0.25) is 5.91 Å². The Kier molecular flexibility index (Phi) is 4.70. The maximum Gasteiger partial charge on any atom is 0.304 e. The zero-order valence-electron chi connectivity index (χ0n) is 9.45. The molecule has 0 aliphatic carbocycles. The fraction of sp³-hybridized carbons (Fsp3) is 0.600. The number of aromatic amines is 1. The lowest BCUT2D eigenvalue weighted by Crippen LogP contribution is -2.41. The summed E-state index contributed by atoms with van der Waals surface area (Å²) in [6.45, 7) is 4.36. The highest BCUT2D eigenvalue weighted by Crippen LogP contribution is 2.03. The van der Waals surface area contributed by atoms with Gasteiger partial charge in [-0.3, -0.25) is 9.59 Å². The van der Waals surface area contributed by atoms with E-state index in [9.17, 15) is 9.59 Å².